The minimum atomic E-state index is -0.131. The maximum atomic E-state index is 11.6. The first-order valence-electron chi connectivity index (χ1n) is 4.91. The summed E-state index contributed by atoms with van der Waals surface area (Å²) < 4.78 is 1.83. The van der Waals surface area contributed by atoms with Crippen LogP contribution in [0.15, 0.2) is 30.6 Å². The second-order valence-electron chi connectivity index (χ2n) is 3.72. The van der Waals surface area contributed by atoms with E-state index >= 15 is 0 Å². The summed E-state index contributed by atoms with van der Waals surface area (Å²) in [4.78, 5) is 15.9. The molecule has 1 N–H and O–H groups in total. The molecule has 0 aliphatic rings. The van der Waals surface area contributed by atoms with Crippen molar-refractivity contribution in [2.45, 2.75) is 19.9 Å². The molecule has 0 unspecified atom stereocenters. The fraction of sp³-hybridized carbons (Fsp3) is 0.273. The van der Waals surface area contributed by atoms with E-state index in [0.717, 1.165) is 5.65 Å². The Balaban J connectivity index is 2.32. The van der Waals surface area contributed by atoms with E-state index in [2.05, 4.69) is 10.3 Å². The van der Waals surface area contributed by atoms with Crippen LogP contribution in [0.2, 0.25) is 0 Å². The fourth-order valence-electron chi connectivity index (χ4n) is 1.38. The zero-order valence-electron chi connectivity index (χ0n) is 8.77. The van der Waals surface area contributed by atoms with Crippen molar-refractivity contribution in [3.05, 3.63) is 36.3 Å². The molecule has 2 heterocycles. The van der Waals surface area contributed by atoms with Crippen LogP contribution in [0.5, 0.6) is 0 Å². The summed E-state index contributed by atoms with van der Waals surface area (Å²) in [7, 11) is 0. The van der Waals surface area contributed by atoms with Crippen molar-refractivity contribution < 1.29 is 4.79 Å². The Labute approximate surface area is 87.9 Å². The zero-order valence-corrected chi connectivity index (χ0v) is 8.77. The summed E-state index contributed by atoms with van der Waals surface area (Å²) in [5, 5.41) is 2.81. The molecule has 0 bridgehead atoms. The fourth-order valence-corrected chi connectivity index (χ4v) is 1.38. The van der Waals surface area contributed by atoms with Crippen LogP contribution in [0.4, 0.5) is 0 Å². The normalized spacial score (nSPS) is 10.9. The van der Waals surface area contributed by atoms with Gasteiger partial charge in [-0.1, -0.05) is 6.07 Å². The highest BCUT2D eigenvalue weighted by Gasteiger charge is 2.10. The van der Waals surface area contributed by atoms with Crippen LogP contribution in [0, 0.1) is 0 Å². The zero-order chi connectivity index (χ0) is 10.8. The number of carbonyl (C=O) groups is 1. The molecule has 0 radical (unpaired) electrons. The van der Waals surface area contributed by atoms with Crippen LogP contribution in [0.1, 0.15) is 24.3 Å². The largest absolute Gasteiger partial charge is 0.348 e. The van der Waals surface area contributed by atoms with Crippen molar-refractivity contribution in [3.8, 4) is 0 Å². The monoisotopic (exact) mass is 203 g/mol. The number of imidazole rings is 1. The molecule has 1 amide bonds. The second-order valence-corrected chi connectivity index (χ2v) is 3.72. The lowest BCUT2D eigenvalue weighted by Gasteiger charge is -2.04. The van der Waals surface area contributed by atoms with Gasteiger partial charge in [0, 0.05) is 18.4 Å². The van der Waals surface area contributed by atoms with E-state index in [-0.39, 0.29) is 11.9 Å². The lowest BCUT2D eigenvalue weighted by atomic mass is 10.3. The van der Waals surface area contributed by atoms with E-state index < -0.39 is 0 Å². The number of rotatable bonds is 2. The van der Waals surface area contributed by atoms with Gasteiger partial charge in [-0.25, -0.2) is 4.98 Å². The molecule has 0 saturated heterocycles. The van der Waals surface area contributed by atoms with Gasteiger partial charge in [0.2, 0.25) is 0 Å². The predicted octanol–water partition coefficient (Wildman–Crippen LogP) is 1.47. The van der Waals surface area contributed by atoms with Gasteiger partial charge in [-0.15, -0.1) is 0 Å². The first-order valence-corrected chi connectivity index (χ1v) is 4.91. The molecule has 0 saturated carbocycles. The van der Waals surface area contributed by atoms with Gasteiger partial charge in [0.25, 0.3) is 5.91 Å². The molecule has 78 valence electrons. The Morgan fingerprint density at radius 1 is 1.47 bits per heavy atom. The number of amides is 1. The van der Waals surface area contributed by atoms with E-state index in [4.69, 9.17) is 0 Å². The number of hydrogen-bond donors (Lipinski definition) is 1. The Morgan fingerprint density at radius 3 is 2.93 bits per heavy atom. The molecule has 0 fully saturated rings. The van der Waals surface area contributed by atoms with Crippen LogP contribution >= 0.6 is 0 Å². The van der Waals surface area contributed by atoms with Gasteiger partial charge in [0.1, 0.15) is 11.3 Å². The van der Waals surface area contributed by atoms with Gasteiger partial charge in [-0.05, 0) is 26.0 Å². The Kier molecular flexibility index (Phi) is 2.41. The molecule has 2 aromatic heterocycles. The van der Waals surface area contributed by atoms with E-state index in [0.29, 0.717) is 5.69 Å². The Bertz CT molecular complexity index is 454. The molecule has 0 aliphatic heterocycles. The first kappa shape index (κ1) is 9.71. The summed E-state index contributed by atoms with van der Waals surface area (Å²) in [6.07, 6.45) is 3.60. The number of carbonyl (C=O) groups excluding carboxylic acids is 1. The van der Waals surface area contributed by atoms with Gasteiger partial charge in [-0.2, -0.15) is 0 Å². The minimum Gasteiger partial charge on any atom is -0.348 e. The topological polar surface area (TPSA) is 46.4 Å². The first-order chi connectivity index (χ1) is 7.16. The minimum absolute atomic E-state index is 0.127. The van der Waals surface area contributed by atoms with Crippen molar-refractivity contribution in [1.29, 1.82) is 0 Å². The van der Waals surface area contributed by atoms with Crippen LogP contribution < -0.4 is 5.32 Å². The van der Waals surface area contributed by atoms with Crippen LogP contribution in [-0.4, -0.2) is 21.3 Å². The number of hydrogen-bond acceptors (Lipinski definition) is 2. The van der Waals surface area contributed by atoms with Crippen molar-refractivity contribution >= 4 is 11.6 Å². The third-order valence-corrected chi connectivity index (χ3v) is 2.02. The average Bonchev–Trinajstić information content (AvgIpc) is 2.59. The number of aromatic nitrogens is 2. The van der Waals surface area contributed by atoms with Crippen molar-refractivity contribution in [2.24, 2.45) is 0 Å². The average molecular weight is 203 g/mol. The molecule has 0 atom stereocenters. The van der Waals surface area contributed by atoms with Crippen LogP contribution in [0.25, 0.3) is 5.65 Å². The summed E-state index contributed by atoms with van der Waals surface area (Å²) in [6.45, 7) is 3.85. The predicted molar refractivity (Wildman–Crippen MR) is 57.8 cm³/mol. The third-order valence-electron chi connectivity index (χ3n) is 2.02. The lowest BCUT2D eigenvalue weighted by molar-refractivity contribution is 0.0938. The highest BCUT2D eigenvalue weighted by Crippen LogP contribution is 2.04. The quantitative estimate of drug-likeness (QED) is 0.803. The SMILES string of the molecule is CC(C)NC(=O)c1cn2ccccc2n1. The third kappa shape index (κ3) is 1.98. The molecule has 0 spiro atoms. The Hall–Kier alpha value is -1.84. The van der Waals surface area contributed by atoms with Gasteiger partial charge >= 0.3 is 0 Å². The lowest BCUT2D eigenvalue weighted by Crippen LogP contribution is -2.30. The summed E-state index contributed by atoms with van der Waals surface area (Å²) >= 11 is 0. The number of nitrogens with zero attached hydrogens (tertiary/aromatic N) is 2. The molecule has 2 aromatic rings. The van der Waals surface area contributed by atoms with Gasteiger partial charge in [0.15, 0.2) is 0 Å². The van der Waals surface area contributed by atoms with Crippen LogP contribution in [-0.2, 0) is 0 Å². The smallest absolute Gasteiger partial charge is 0.271 e. The number of fused-ring (bicyclic) bond motifs is 1. The Morgan fingerprint density at radius 2 is 2.27 bits per heavy atom. The number of nitrogens with one attached hydrogen (secondary N) is 1. The van der Waals surface area contributed by atoms with Crippen molar-refractivity contribution in [3.63, 3.8) is 0 Å². The van der Waals surface area contributed by atoms with Gasteiger partial charge in [-0.3, -0.25) is 4.79 Å². The molecule has 4 heteroatoms. The van der Waals surface area contributed by atoms with E-state index in [9.17, 15) is 4.79 Å². The molecule has 0 aromatic carbocycles. The van der Waals surface area contributed by atoms with E-state index in [1.807, 2.05) is 42.6 Å². The molecule has 4 nitrogen and oxygen atoms in total. The maximum Gasteiger partial charge on any atom is 0.271 e. The summed E-state index contributed by atoms with van der Waals surface area (Å²) in [5.41, 5.74) is 1.24. The van der Waals surface area contributed by atoms with E-state index in [1.165, 1.54) is 0 Å². The number of pyridine rings is 1. The highest BCUT2D eigenvalue weighted by molar-refractivity contribution is 5.93. The molecule has 15 heavy (non-hydrogen) atoms. The van der Waals surface area contributed by atoms with Crippen LogP contribution in [0.3, 0.4) is 0 Å². The van der Waals surface area contributed by atoms with Crippen molar-refractivity contribution in [2.75, 3.05) is 0 Å². The highest BCUT2D eigenvalue weighted by atomic mass is 16.1. The van der Waals surface area contributed by atoms with Gasteiger partial charge < -0.3 is 9.72 Å². The summed E-state index contributed by atoms with van der Waals surface area (Å²) in [5.74, 6) is -0.131. The van der Waals surface area contributed by atoms with Gasteiger partial charge in [0.05, 0.1) is 0 Å². The molecule has 0 aliphatic carbocycles. The summed E-state index contributed by atoms with van der Waals surface area (Å²) in [6, 6.07) is 5.79. The van der Waals surface area contributed by atoms with E-state index in [1.54, 1.807) is 6.20 Å². The standard InChI is InChI=1S/C11H13N3O/c1-8(2)12-11(15)9-7-14-6-4-3-5-10(14)13-9/h3-8H,1-2H3,(H,12,15). The maximum absolute atomic E-state index is 11.6. The second kappa shape index (κ2) is 3.73. The van der Waals surface area contributed by atoms with Crippen molar-refractivity contribution in [1.82, 2.24) is 14.7 Å². The molecular formula is C11H13N3O. The molecular weight excluding hydrogens is 190 g/mol. The molecule has 2 rings (SSSR count).